The number of nitrogens with zero attached hydrogens (tertiary/aromatic N) is 3. The van der Waals surface area contributed by atoms with E-state index in [2.05, 4.69) is 42.9 Å². The van der Waals surface area contributed by atoms with Crippen molar-refractivity contribution in [3.8, 4) is 0 Å². The minimum atomic E-state index is -0.800. The van der Waals surface area contributed by atoms with Crippen molar-refractivity contribution in [3.63, 3.8) is 0 Å². The first kappa shape index (κ1) is 22.0. The summed E-state index contributed by atoms with van der Waals surface area (Å²) in [6, 6.07) is 8.85. The lowest BCUT2D eigenvalue weighted by Crippen LogP contribution is -2.44. The summed E-state index contributed by atoms with van der Waals surface area (Å²) in [5, 5.41) is 9.12. The molecule has 5 nitrogen and oxygen atoms in total. The Morgan fingerprint density at radius 3 is 2.71 bits per heavy atom. The Kier molecular flexibility index (Phi) is 7.40. The number of rotatable bonds is 7. The first-order valence-electron chi connectivity index (χ1n) is 11.1. The molecule has 2 aliphatic rings. The fourth-order valence-electron chi connectivity index (χ4n) is 4.51. The summed E-state index contributed by atoms with van der Waals surface area (Å²) in [6.45, 7) is 5.59. The molecule has 4 rings (SSSR count). The third-order valence-corrected chi connectivity index (χ3v) is 7.23. The number of likely N-dealkylation sites (tertiary alicyclic amines) is 1. The minimum absolute atomic E-state index is 0.372. The number of benzene rings is 1. The van der Waals surface area contributed by atoms with Gasteiger partial charge in [0.2, 0.25) is 0 Å². The second-order valence-corrected chi connectivity index (χ2v) is 9.29. The minimum Gasteiger partial charge on any atom is -0.371 e. The monoisotopic (exact) mass is 447 g/mol. The van der Waals surface area contributed by atoms with Crippen molar-refractivity contribution in [2.45, 2.75) is 25.3 Å². The van der Waals surface area contributed by atoms with Gasteiger partial charge in [0, 0.05) is 49.9 Å². The van der Waals surface area contributed by atoms with E-state index < -0.39 is 11.6 Å². The number of guanidine groups is 1. The largest absolute Gasteiger partial charge is 0.371 e. The van der Waals surface area contributed by atoms with Crippen LogP contribution in [0.5, 0.6) is 0 Å². The summed E-state index contributed by atoms with van der Waals surface area (Å²) >= 11 is 1.81. The number of hydrogen-bond acceptors (Lipinski definition) is 4. The second-order valence-electron chi connectivity index (χ2n) is 8.31. The molecule has 2 aliphatic heterocycles. The summed E-state index contributed by atoms with van der Waals surface area (Å²) in [5.74, 6) is -0.349. The average molecular weight is 448 g/mol. The van der Waals surface area contributed by atoms with Gasteiger partial charge in [-0.2, -0.15) is 0 Å². The number of hydrogen-bond donors (Lipinski definition) is 2. The SMILES string of the molecule is CN=C(NCC1CCN(c2ccc(F)c(F)c2)C1)NCC(c1cccs1)N1CCCC1. The summed E-state index contributed by atoms with van der Waals surface area (Å²) < 4.78 is 26.8. The molecule has 1 aromatic carbocycles. The van der Waals surface area contributed by atoms with Gasteiger partial charge in [-0.1, -0.05) is 6.07 Å². The molecule has 2 saturated heterocycles. The zero-order chi connectivity index (χ0) is 21.6. The molecule has 2 N–H and O–H groups in total. The van der Waals surface area contributed by atoms with Crippen LogP contribution in [0.2, 0.25) is 0 Å². The van der Waals surface area contributed by atoms with E-state index in [0.717, 1.165) is 57.3 Å². The van der Waals surface area contributed by atoms with Crippen molar-refractivity contribution < 1.29 is 8.78 Å². The highest BCUT2D eigenvalue weighted by atomic mass is 32.1. The lowest BCUT2D eigenvalue weighted by atomic mass is 10.1. The van der Waals surface area contributed by atoms with E-state index in [1.54, 1.807) is 13.1 Å². The zero-order valence-corrected chi connectivity index (χ0v) is 18.8. The second kappa shape index (κ2) is 10.4. The van der Waals surface area contributed by atoms with Crippen LogP contribution < -0.4 is 15.5 Å². The molecule has 2 atom stereocenters. The van der Waals surface area contributed by atoms with E-state index in [-0.39, 0.29) is 0 Å². The lowest BCUT2D eigenvalue weighted by Gasteiger charge is -2.28. The van der Waals surface area contributed by atoms with E-state index in [9.17, 15) is 8.78 Å². The standard InChI is InChI=1S/C23H31F2N5S/c1-26-23(28-15-21(22-5-4-12-31-22)29-9-2-3-10-29)27-14-17-8-11-30(16-17)18-6-7-19(24)20(25)13-18/h4-7,12-13,17,21H,2-3,8-11,14-16H2,1H3,(H2,26,27,28). The van der Waals surface area contributed by atoms with Crippen LogP contribution in [0.25, 0.3) is 0 Å². The zero-order valence-electron chi connectivity index (χ0n) is 18.0. The predicted molar refractivity (Wildman–Crippen MR) is 124 cm³/mol. The summed E-state index contributed by atoms with van der Waals surface area (Å²) in [6.07, 6.45) is 3.55. The Bertz CT molecular complexity index is 867. The van der Waals surface area contributed by atoms with E-state index in [4.69, 9.17) is 0 Å². The molecule has 0 aliphatic carbocycles. The van der Waals surface area contributed by atoms with Gasteiger partial charge >= 0.3 is 0 Å². The molecule has 2 unspecified atom stereocenters. The molecule has 0 bridgehead atoms. The maximum absolute atomic E-state index is 13.6. The molecule has 8 heteroatoms. The molecule has 0 radical (unpaired) electrons. The fourth-order valence-corrected chi connectivity index (χ4v) is 5.38. The topological polar surface area (TPSA) is 42.9 Å². The molecule has 2 fully saturated rings. The van der Waals surface area contributed by atoms with Gasteiger partial charge in [-0.15, -0.1) is 11.3 Å². The molecule has 1 aromatic heterocycles. The van der Waals surface area contributed by atoms with Crippen LogP contribution in [0.15, 0.2) is 40.7 Å². The number of anilines is 1. The number of nitrogens with one attached hydrogen (secondary N) is 2. The number of halogens is 2. The molecule has 0 amide bonds. The normalized spacial score (nSPS) is 20.9. The smallest absolute Gasteiger partial charge is 0.191 e. The fraction of sp³-hybridized carbons (Fsp3) is 0.522. The van der Waals surface area contributed by atoms with E-state index in [1.807, 2.05) is 11.3 Å². The summed E-state index contributed by atoms with van der Waals surface area (Å²) in [5.41, 5.74) is 0.744. The third-order valence-electron chi connectivity index (χ3n) is 6.25. The van der Waals surface area contributed by atoms with Gasteiger partial charge in [0.25, 0.3) is 0 Å². The summed E-state index contributed by atoms with van der Waals surface area (Å²) in [7, 11) is 1.80. The first-order valence-corrected chi connectivity index (χ1v) is 11.9. The molecule has 0 spiro atoms. The van der Waals surface area contributed by atoms with Gasteiger partial charge in [0.05, 0.1) is 6.04 Å². The Labute approximate surface area is 187 Å². The highest BCUT2D eigenvalue weighted by Gasteiger charge is 2.26. The van der Waals surface area contributed by atoms with Crippen LogP contribution in [-0.2, 0) is 0 Å². The maximum Gasteiger partial charge on any atom is 0.191 e. The van der Waals surface area contributed by atoms with Crippen molar-refractivity contribution >= 4 is 23.0 Å². The van der Waals surface area contributed by atoms with Crippen molar-refractivity contribution in [1.82, 2.24) is 15.5 Å². The van der Waals surface area contributed by atoms with Crippen LogP contribution in [0.3, 0.4) is 0 Å². The molecule has 168 valence electrons. The Balaban J connectivity index is 1.27. The van der Waals surface area contributed by atoms with Crippen LogP contribution in [-0.4, -0.2) is 57.2 Å². The van der Waals surface area contributed by atoms with Crippen LogP contribution >= 0.6 is 11.3 Å². The van der Waals surface area contributed by atoms with Gasteiger partial charge in [-0.25, -0.2) is 8.78 Å². The molecule has 2 aromatic rings. The predicted octanol–water partition coefficient (Wildman–Crippen LogP) is 3.85. The third kappa shape index (κ3) is 5.54. The van der Waals surface area contributed by atoms with Gasteiger partial charge in [0.1, 0.15) is 0 Å². The quantitative estimate of drug-likeness (QED) is 0.500. The van der Waals surface area contributed by atoms with Gasteiger partial charge in [-0.05, 0) is 61.8 Å². The average Bonchev–Trinajstić information content (AvgIpc) is 3.55. The Morgan fingerprint density at radius 1 is 1.16 bits per heavy atom. The molecule has 3 heterocycles. The van der Waals surface area contributed by atoms with Crippen LogP contribution in [0, 0.1) is 17.6 Å². The van der Waals surface area contributed by atoms with E-state index >= 15 is 0 Å². The van der Waals surface area contributed by atoms with Crippen LogP contribution in [0.4, 0.5) is 14.5 Å². The van der Waals surface area contributed by atoms with Crippen molar-refractivity contribution in [2.24, 2.45) is 10.9 Å². The van der Waals surface area contributed by atoms with E-state index in [1.165, 1.54) is 29.9 Å². The molecular formula is C23H31F2N5S. The maximum atomic E-state index is 13.6. The van der Waals surface area contributed by atoms with Gasteiger partial charge in [-0.3, -0.25) is 9.89 Å². The van der Waals surface area contributed by atoms with Gasteiger partial charge in [0.15, 0.2) is 17.6 Å². The Morgan fingerprint density at radius 2 is 2.00 bits per heavy atom. The van der Waals surface area contributed by atoms with Crippen LogP contribution in [0.1, 0.15) is 30.2 Å². The van der Waals surface area contributed by atoms with E-state index in [0.29, 0.717) is 12.0 Å². The Hall–Kier alpha value is -2.19. The molecule has 31 heavy (non-hydrogen) atoms. The van der Waals surface area contributed by atoms with Crippen molar-refractivity contribution in [2.75, 3.05) is 51.2 Å². The number of thiophene rings is 1. The van der Waals surface area contributed by atoms with Crippen molar-refractivity contribution in [1.29, 1.82) is 0 Å². The van der Waals surface area contributed by atoms with Crippen molar-refractivity contribution in [3.05, 3.63) is 52.2 Å². The lowest BCUT2D eigenvalue weighted by molar-refractivity contribution is 0.249. The number of aliphatic imine (C=N–C) groups is 1. The highest BCUT2D eigenvalue weighted by Crippen LogP contribution is 2.28. The first-order chi connectivity index (χ1) is 15.1. The highest BCUT2D eigenvalue weighted by molar-refractivity contribution is 7.10. The summed E-state index contributed by atoms with van der Waals surface area (Å²) in [4.78, 5) is 10.5. The molecule has 0 saturated carbocycles. The molecular weight excluding hydrogens is 416 g/mol. The van der Waals surface area contributed by atoms with Gasteiger partial charge < -0.3 is 15.5 Å².